The third-order valence-corrected chi connectivity index (χ3v) is 3.62. The fourth-order valence-electron chi connectivity index (χ4n) is 2.38. The normalized spacial score (nSPS) is 25.3. The zero-order valence-corrected chi connectivity index (χ0v) is 13.2. The van der Waals surface area contributed by atoms with Crippen LogP contribution in [0.3, 0.4) is 0 Å². The molecule has 2 N–H and O–H groups in total. The highest BCUT2D eigenvalue weighted by Crippen LogP contribution is 2.18. The molecule has 0 saturated carbocycles. The second-order valence-electron chi connectivity index (χ2n) is 5.67. The maximum atomic E-state index is 9.89. The Morgan fingerprint density at radius 1 is 1.19 bits per heavy atom. The van der Waals surface area contributed by atoms with Gasteiger partial charge in [-0.15, -0.1) is 0 Å². The van der Waals surface area contributed by atoms with E-state index in [2.05, 4.69) is 13.0 Å². The van der Waals surface area contributed by atoms with Crippen molar-refractivity contribution in [2.45, 2.75) is 70.2 Å². The van der Waals surface area contributed by atoms with E-state index in [1.165, 1.54) is 19.3 Å². The fraction of sp³-hybridized carbons (Fsp3) is 0.667. The highest BCUT2D eigenvalue weighted by Gasteiger charge is 2.22. The van der Waals surface area contributed by atoms with Crippen LogP contribution >= 0.6 is 0 Å². The summed E-state index contributed by atoms with van der Waals surface area (Å²) in [6, 6.07) is 0. The van der Waals surface area contributed by atoms with E-state index in [1.807, 2.05) is 24.3 Å². The number of aliphatic hydroxyl groups is 2. The van der Waals surface area contributed by atoms with Gasteiger partial charge in [0.15, 0.2) is 0 Å². The lowest BCUT2D eigenvalue weighted by Gasteiger charge is -2.27. The smallest absolute Gasteiger partial charge is 0.0748 e. The predicted octanol–water partition coefficient (Wildman–Crippen LogP) is 3.53. The number of rotatable bonds is 9. The molecule has 3 atom stereocenters. The number of hydrogen-bond donors (Lipinski definition) is 2. The second kappa shape index (κ2) is 11.7. The monoisotopic (exact) mass is 294 g/mol. The Kier molecular flexibility index (Phi) is 10.1. The minimum Gasteiger partial charge on any atom is -0.393 e. The summed E-state index contributed by atoms with van der Waals surface area (Å²) in [5.41, 5.74) is 0. The molecule has 0 amide bonds. The first-order valence-corrected chi connectivity index (χ1v) is 8.20. The lowest BCUT2D eigenvalue weighted by molar-refractivity contribution is -0.0567. The van der Waals surface area contributed by atoms with Crippen molar-refractivity contribution in [2.24, 2.45) is 0 Å². The maximum absolute atomic E-state index is 9.89. The van der Waals surface area contributed by atoms with Crippen molar-refractivity contribution < 1.29 is 14.9 Å². The van der Waals surface area contributed by atoms with Gasteiger partial charge in [0.2, 0.25) is 0 Å². The minimum absolute atomic E-state index is 0.0316. The Bertz CT molecular complexity index is 333. The third-order valence-electron chi connectivity index (χ3n) is 3.62. The summed E-state index contributed by atoms with van der Waals surface area (Å²) in [7, 11) is 0. The Morgan fingerprint density at radius 2 is 2.00 bits per heavy atom. The average molecular weight is 294 g/mol. The molecule has 0 aliphatic carbocycles. The van der Waals surface area contributed by atoms with Crippen molar-refractivity contribution in [3.8, 4) is 0 Å². The molecule has 1 fully saturated rings. The van der Waals surface area contributed by atoms with Crippen LogP contribution in [0.5, 0.6) is 0 Å². The lowest BCUT2D eigenvalue weighted by atomic mass is 10.0. The van der Waals surface area contributed by atoms with Gasteiger partial charge >= 0.3 is 0 Å². The molecule has 0 aromatic carbocycles. The Labute approximate surface area is 129 Å². The molecule has 120 valence electrons. The van der Waals surface area contributed by atoms with Crippen molar-refractivity contribution in [2.75, 3.05) is 6.61 Å². The largest absolute Gasteiger partial charge is 0.393 e. The number of unbranched alkanes of at least 4 members (excludes halogenated alkanes) is 3. The molecule has 1 aliphatic heterocycles. The van der Waals surface area contributed by atoms with Gasteiger partial charge in [-0.05, 0) is 25.7 Å². The molecule has 3 nitrogen and oxygen atoms in total. The number of ether oxygens (including phenoxy) is 1. The van der Waals surface area contributed by atoms with E-state index in [4.69, 9.17) is 4.74 Å². The van der Waals surface area contributed by atoms with Crippen molar-refractivity contribution in [3.63, 3.8) is 0 Å². The van der Waals surface area contributed by atoms with Gasteiger partial charge < -0.3 is 14.9 Å². The van der Waals surface area contributed by atoms with Crippen molar-refractivity contribution in [1.82, 2.24) is 0 Å². The number of aliphatic hydroxyl groups excluding tert-OH is 2. The van der Waals surface area contributed by atoms with Crippen LogP contribution in [0.1, 0.15) is 51.9 Å². The van der Waals surface area contributed by atoms with E-state index >= 15 is 0 Å². The van der Waals surface area contributed by atoms with Crippen LogP contribution in [0.4, 0.5) is 0 Å². The highest BCUT2D eigenvalue weighted by atomic mass is 16.5. The first-order valence-electron chi connectivity index (χ1n) is 8.20. The van der Waals surface area contributed by atoms with Crippen LogP contribution in [0.25, 0.3) is 0 Å². The zero-order chi connectivity index (χ0) is 15.3. The molecule has 0 aromatic heterocycles. The van der Waals surface area contributed by atoms with Crippen molar-refractivity contribution >= 4 is 0 Å². The van der Waals surface area contributed by atoms with E-state index in [0.29, 0.717) is 25.9 Å². The van der Waals surface area contributed by atoms with E-state index in [1.54, 1.807) is 6.08 Å². The van der Waals surface area contributed by atoms with Gasteiger partial charge in [0.25, 0.3) is 0 Å². The van der Waals surface area contributed by atoms with Crippen LogP contribution in [0, 0.1) is 0 Å². The van der Waals surface area contributed by atoms with Gasteiger partial charge in [-0.2, -0.15) is 0 Å². The van der Waals surface area contributed by atoms with Gasteiger partial charge in [0.1, 0.15) is 0 Å². The van der Waals surface area contributed by atoms with E-state index in [-0.39, 0.29) is 12.2 Å². The SMILES string of the molecule is CCCCC/C=C/C=C/C=C/C(O)CC1CC(O)CCO1. The zero-order valence-electron chi connectivity index (χ0n) is 13.2. The summed E-state index contributed by atoms with van der Waals surface area (Å²) >= 11 is 0. The van der Waals surface area contributed by atoms with Crippen LogP contribution in [0.2, 0.25) is 0 Å². The quantitative estimate of drug-likeness (QED) is 0.505. The van der Waals surface area contributed by atoms with Crippen LogP contribution in [-0.4, -0.2) is 35.1 Å². The third kappa shape index (κ3) is 9.62. The maximum Gasteiger partial charge on any atom is 0.0748 e. The first-order chi connectivity index (χ1) is 10.2. The van der Waals surface area contributed by atoms with Crippen LogP contribution in [0.15, 0.2) is 36.5 Å². The second-order valence-corrected chi connectivity index (χ2v) is 5.67. The Hall–Kier alpha value is -0.900. The molecule has 1 rings (SSSR count). The molecule has 0 aromatic rings. The average Bonchev–Trinajstić information content (AvgIpc) is 2.45. The van der Waals surface area contributed by atoms with Crippen LogP contribution < -0.4 is 0 Å². The minimum atomic E-state index is -0.515. The molecule has 0 radical (unpaired) electrons. The van der Waals surface area contributed by atoms with E-state index in [9.17, 15) is 10.2 Å². The van der Waals surface area contributed by atoms with Gasteiger partial charge in [-0.25, -0.2) is 0 Å². The highest BCUT2D eigenvalue weighted by molar-refractivity contribution is 5.12. The Balaban J connectivity index is 2.13. The topological polar surface area (TPSA) is 49.7 Å². The Morgan fingerprint density at radius 3 is 2.76 bits per heavy atom. The number of allylic oxidation sites excluding steroid dienone is 5. The number of hydrogen-bond acceptors (Lipinski definition) is 3. The fourth-order valence-corrected chi connectivity index (χ4v) is 2.38. The summed E-state index contributed by atoms with van der Waals surface area (Å²) < 4.78 is 5.53. The van der Waals surface area contributed by atoms with Crippen molar-refractivity contribution in [3.05, 3.63) is 36.5 Å². The molecule has 3 heteroatoms. The molecule has 0 spiro atoms. The predicted molar refractivity (Wildman–Crippen MR) is 87.2 cm³/mol. The van der Waals surface area contributed by atoms with Crippen LogP contribution in [-0.2, 0) is 4.74 Å². The van der Waals surface area contributed by atoms with E-state index in [0.717, 1.165) is 6.42 Å². The molecule has 1 aliphatic rings. The lowest BCUT2D eigenvalue weighted by Crippen LogP contribution is -2.31. The molecule has 3 unspecified atom stereocenters. The molecule has 0 bridgehead atoms. The molecular weight excluding hydrogens is 264 g/mol. The van der Waals surface area contributed by atoms with Crippen molar-refractivity contribution in [1.29, 1.82) is 0 Å². The summed E-state index contributed by atoms with van der Waals surface area (Å²) in [5.74, 6) is 0. The molecule has 21 heavy (non-hydrogen) atoms. The standard InChI is InChI=1S/C18H30O3/c1-2-3-4-5-6-7-8-9-10-11-16(19)14-18-15-17(20)12-13-21-18/h6-11,16-20H,2-5,12-15H2,1H3/b7-6+,9-8+,11-10+. The van der Waals surface area contributed by atoms with Gasteiger partial charge in [-0.1, -0.05) is 56.2 Å². The van der Waals surface area contributed by atoms with Gasteiger partial charge in [-0.3, -0.25) is 0 Å². The molecule has 1 heterocycles. The summed E-state index contributed by atoms with van der Waals surface area (Å²) in [4.78, 5) is 0. The summed E-state index contributed by atoms with van der Waals surface area (Å²) in [6.45, 7) is 2.80. The van der Waals surface area contributed by atoms with Gasteiger partial charge in [0, 0.05) is 13.0 Å². The van der Waals surface area contributed by atoms with Gasteiger partial charge in [0.05, 0.1) is 18.3 Å². The van der Waals surface area contributed by atoms with E-state index < -0.39 is 6.10 Å². The first kappa shape index (κ1) is 18.1. The molecule has 1 saturated heterocycles. The summed E-state index contributed by atoms with van der Waals surface area (Å²) in [6.07, 6.45) is 17.7. The summed E-state index contributed by atoms with van der Waals surface area (Å²) in [5, 5.41) is 19.4. The molecular formula is C18H30O3.